The van der Waals surface area contributed by atoms with E-state index in [0.717, 1.165) is 0 Å². The highest BCUT2D eigenvalue weighted by atomic mass is 15.0. The maximum atomic E-state index is 6.97. The minimum atomic E-state index is -0.170. The van der Waals surface area contributed by atoms with E-state index >= 15 is 0 Å². The Hall–Kier alpha value is -1.63. The summed E-state index contributed by atoms with van der Waals surface area (Å²) >= 11 is 0. The van der Waals surface area contributed by atoms with Gasteiger partial charge in [-0.1, -0.05) is 20.8 Å². The van der Waals surface area contributed by atoms with Crippen LogP contribution >= 0.6 is 0 Å². The molecule has 13 heavy (non-hydrogen) atoms. The lowest BCUT2D eigenvalue weighted by Gasteiger charge is -2.19. The van der Waals surface area contributed by atoms with Gasteiger partial charge in [-0.15, -0.1) is 0 Å². The highest BCUT2D eigenvalue weighted by Crippen LogP contribution is 2.32. The average Bonchev–Trinajstić information content (AvgIpc) is 2.02. The quantitative estimate of drug-likeness (QED) is 0.614. The zero-order valence-corrected chi connectivity index (χ0v) is 8.00. The van der Waals surface area contributed by atoms with Crippen molar-refractivity contribution >= 4 is 11.5 Å². The molecule has 2 N–H and O–H groups in total. The van der Waals surface area contributed by atoms with E-state index in [1.54, 1.807) is 0 Å². The summed E-state index contributed by atoms with van der Waals surface area (Å²) in [6.07, 6.45) is 1.39. The number of nitrogens with two attached hydrogens (primary N) is 1. The summed E-state index contributed by atoms with van der Waals surface area (Å²) in [4.78, 5) is 11.2. The number of rotatable bonds is 0. The van der Waals surface area contributed by atoms with E-state index in [2.05, 4.69) is 14.8 Å². The molecule has 1 heterocycles. The topological polar surface area (TPSA) is 56.2 Å². The third-order valence-electron chi connectivity index (χ3n) is 1.67. The second-order valence-corrected chi connectivity index (χ2v) is 3.82. The smallest absolute Gasteiger partial charge is 0.249 e. The number of anilines is 1. The summed E-state index contributed by atoms with van der Waals surface area (Å²) in [6, 6.07) is 0. The van der Waals surface area contributed by atoms with E-state index in [9.17, 15) is 0 Å². The Kier molecular flexibility index (Phi) is 2.20. The lowest BCUT2D eigenvalue weighted by atomic mass is 9.91. The molecule has 0 radical (unpaired) electrons. The Balaban J connectivity index is 3.40. The number of nitrogens with zero attached hydrogens (tertiary/aromatic N) is 3. The van der Waals surface area contributed by atoms with Crippen molar-refractivity contribution in [1.82, 2.24) is 9.97 Å². The van der Waals surface area contributed by atoms with Crippen LogP contribution in [0.25, 0.3) is 4.85 Å². The lowest BCUT2D eigenvalue weighted by Crippen LogP contribution is -2.14. The zero-order valence-electron chi connectivity index (χ0n) is 8.00. The zero-order chi connectivity index (χ0) is 10.1. The van der Waals surface area contributed by atoms with Crippen molar-refractivity contribution < 1.29 is 0 Å². The molecule has 0 saturated heterocycles. The Morgan fingerprint density at radius 3 is 2.38 bits per heavy atom. The highest BCUT2D eigenvalue weighted by Gasteiger charge is 2.21. The molecule has 0 aromatic carbocycles. The molecule has 1 aromatic rings. The molecule has 0 saturated carbocycles. The largest absolute Gasteiger partial charge is 0.392 e. The molecule has 68 valence electrons. The Morgan fingerprint density at radius 2 is 2.00 bits per heavy atom. The van der Waals surface area contributed by atoms with Gasteiger partial charge in [0.05, 0.1) is 12.3 Å². The van der Waals surface area contributed by atoms with E-state index in [0.29, 0.717) is 11.4 Å². The monoisotopic (exact) mass is 176 g/mol. The van der Waals surface area contributed by atoms with Crippen LogP contribution in [0.4, 0.5) is 11.5 Å². The predicted molar refractivity (Wildman–Crippen MR) is 51.4 cm³/mol. The SMILES string of the molecule is [C-]#[N+]c1c(N)ncnc1C(C)(C)C. The van der Waals surface area contributed by atoms with Crippen LogP contribution in [0.15, 0.2) is 6.33 Å². The second-order valence-electron chi connectivity index (χ2n) is 3.82. The van der Waals surface area contributed by atoms with E-state index < -0.39 is 0 Å². The standard InChI is InChI=1S/C9H12N4/c1-9(2,3)7-6(11-4)8(10)13-5-12-7/h5H,1-3H3,(H2,10,12,13). The molecule has 0 bridgehead atoms. The fourth-order valence-electron chi connectivity index (χ4n) is 1.05. The molecule has 0 aliphatic heterocycles. The van der Waals surface area contributed by atoms with Gasteiger partial charge in [-0.25, -0.2) is 9.83 Å². The Labute approximate surface area is 77.6 Å². The van der Waals surface area contributed by atoms with Crippen molar-refractivity contribution in [3.05, 3.63) is 23.4 Å². The van der Waals surface area contributed by atoms with Crippen molar-refractivity contribution in [2.45, 2.75) is 26.2 Å². The van der Waals surface area contributed by atoms with Crippen molar-refractivity contribution in [2.75, 3.05) is 5.73 Å². The van der Waals surface area contributed by atoms with Crippen LogP contribution < -0.4 is 5.73 Å². The van der Waals surface area contributed by atoms with E-state index in [-0.39, 0.29) is 11.2 Å². The molecular formula is C9H12N4. The van der Waals surface area contributed by atoms with Crippen molar-refractivity contribution in [3.8, 4) is 0 Å². The molecule has 0 unspecified atom stereocenters. The fraction of sp³-hybridized carbons (Fsp3) is 0.444. The molecule has 0 atom stereocenters. The molecule has 0 fully saturated rings. The molecular weight excluding hydrogens is 164 g/mol. The summed E-state index contributed by atoms with van der Waals surface area (Å²) in [5.74, 6) is 0.259. The summed E-state index contributed by atoms with van der Waals surface area (Å²) < 4.78 is 0. The van der Waals surface area contributed by atoms with Gasteiger partial charge in [-0.05, 0) is 5.41 Å². The average molecular weight is 176 g/mol. The van der Waals surface area contributed by atoms with Crippen LogP contribution in [0, 0.1) is 6.57 Å². The molecule has 4 heteroatoms. The lowest BCUT2D eigenvalue weighted by molar-refractivity contribution is 0.570. The molecule has 0 aliphatic carbocycles. The summed E-state index contributed by atoms with van der Waals surface area (Å²) in [5.41, 5.74) is 6.47. The Bertz CT molecular complexity index is 357. The van der Waals surface area contributed by atoms with Gasteiger partial charge < -0.3 is 5.73 Å². The minimum absolute atomic E-state index is 0.170. The van der Waals surface area contributed by atoms with Crippen LogP contribution in [-0.2, 0) is 5.41 Å². The molecule has 1 rings (SSSR count). The molecule has 0 amide bonds. The van der Waals surface area contributed by atoms with Crippen LogP contribution in [0.1, 0.15) is 26.5 Å². The third-order valence-corrected chi connectivity index (χ3v) is 1.67. The molecule has 1 aromatic heterocycles. The first-order valence-corrected chi connectivity index (χ1v) is 3.95. The molecule has 4 nitrogen and oxygen atoms in total. The maximum Gasteiger partial charge on any atom is 0.249 e. The van der Waals surface area contributed by atoms with E-state index in [1.165, 1.54) is 6.33 Å². The number of aromatic nitrogens is 2. The first-order chi connectivity index (χ1) is 5.96. The number of hydrogen-bond acceptors (Lipinski definition) is 3. The van der Waals surface area contributed by atoms with Gasteiger partial charge in [0.25, 0.3) is 0 Å². The number of nitrogen functional groups attached to an aromatic ring is 1. The van der Waals surface area contributed by atoms with Crippen molar-refractivity contribution in [3.63, 3.8) is 0 Å². The fourth-order valence-corrected chi connectivity index (χ4v) is 1.05. The van der Waals surface area contributed by atoms with Gasteiger partial charge in [0.2, 0.25) is 5.69 Å². The normalized spacial score (nSPS) is 10.9. The highest BCUT2D eigenvalue weighted by molar-refractivity contribution is 5.66. The Morgan fingerprint density at radius 1 is 1.38 bits per heavy atom. The van der Waals surface area contributed by atoms with E-state index in [4.69, 9.17) is 12.3 Å². The van der Waals surface area contributed by atoms with Crippen LogP contribution in [-0.4, -0.2) is 9.97 Å². The van der Waals surface area contributed by atoms with Gasteiger partial charge in [0.1, 0.15) is 12.1 Å². The maximum absolute atomic E-state index is 6.97. The van der Waals surface area contributed by atoms with Gasteiger partial charge >= 0.3 is 0 Å². The van der Waals surface area contributed by atoms with Gasteiger partial charge in [0.15, 0.2) is 0 Å². The molecule has 0 spiro atoms. The minimum Gasteiger partial charge on any atom is -0.392 e. The van der Waals surface area contributed by atoms with Crippen LogP contribution in [0.5, 0.6) is 0 Å². The van der Waals surface area contributed by atoms with E-state index in [1.807, 2.05) is 20.8 Å². The van der Waals surface area contributed by atoms with Gasteiger partial charge in [-0.2, -0.15) is 0 Å². The first kappa shape index (κ1) is 9.46. The summed E-state index contributed by atoms with van der Waals surface area (Å²) in [5, 5.41) is 0. The summed E-state index contributed by atoms with van der Waals surface area (Å²) in [7, 11) is 0. The third kappa shape index (κ3) is 1.75. The van der Waals surface area contributed by atoms with Crippen LogP contribution in [0.2, 0.25) is 0 Å². The van der Waals surface area contributed by atoms with Crippen LogP contribution in [0.3, 0.4) is 0 Å². The van der Waals surface area contributed by atoms with Crippen molar-refractivity contribution in [1.29, 1.82) is 0 Å². The first-order valence-electron chi connectivity index (χ1n) is 3.95. The molecule has 0 aliphatic rings. The second kappa shape index (κ2) is 3.02. The van der Waals surface area contributed by atoms with Gasteiger partial charge in [0, 0.05) is 0 Å². The number of hydrogen-bond donors (Lipinski definition) is 1. The summed E-state index contributed by atoms with van der Waals surface area (Å²) in [6.45, 7) is 12.9. The van der Waals surface area contributed by atoms with Gasteiger partial charge in [-0.3, -0.25) is 4.98 Å². The predicted octanol–water partition coefficient (Wildman–Crippen LogP) is 1.91. The van der Waals surface area contributed by atoms with Crippen molar-refractivity contribution in [2.24, 2.45) is 0 Å².